The third-order valence-corrected chi connectivity index (χ3v) is 7.28. The van der Waals surface area contributed by atoms with E-state index in [9.17, 15) is 13.2 Å². The van der Waals surface area contributed by atoms with E-state index in [1.54, 1.807) is 0 Å². The van der Waals surface area contributed by atoms with Crippen LogP contribution in [0, 0.1) is 42.1 Å². The molecule has 2 saturated carbocycles. The van der Waals surface area contributed by atoms with Gasteiger partial charge in [0.05, 0.1) is 0 Å². The van der Waals surface area contributed by atoms with Gasteiger partial charge in [-0.05, 0) is 67.9 Å². The molecule has 27 heavy (non-hydrogen) atoms. The highest BCUT2D eigenvalue weighted by atomic mass is 19.2. The summed E-state index contributed by atoms with van der Waals surface area (Å²) < 4.78 is 42.4. The van der Waals surface area contributed by atoms with Crippen LogP contribution in [0.25, 0.3) is 0 Å². The van der Waals surface area contributed by atoms with E-state index in [0.717, 1.165) is 43.6 Å². The molecular weight excluding hydrogens is 345 g/mol. The Labute approximate surface area is 162 Å². The van der Waals surface area contributed by atoms with Crippen molar-refractivity contribution < 1.29 is 13.2 Å². The molecule has 0 atom stereocenters. The van der Waals surface area contributed by atoms with E-state index >= 15 is 0 Å². The maximum atomic E-state index is 14.3. The van der Waals surface area contributed by atoms with Gasteiger partial charge in [0, 0.05) is 5.56 Å². The average molecular weight is 381 g/mol. The molecule has 0 aromatic heterocycles. The maximum absolute atomic E-state index is 14.3. The van der Waals surface area contributed by atoms with Crippen LogP contribution in [0.5, 0.6) is 0 Å². The molecule has 0 N–H and O–H groups in total. The van der Waals surface area contributed by atoms with E-state index in [4.69, 9.17) is 0 Å². The van der Waals surface area contributed by atoms with Gasteiger partial charge in [0.2, 0.25) is 0 Å². The SMILES string of the molecule is CCCC1CCC(CCC2CCC(c3c(F)cc(C)c(F)c3F)CC2)CC1. The molecule has 0 radical (unpaired) electrons. The molecule has 3 heteroatoms. The van der Waals surface area contributed by atoms with Gasteiger partial charge in [-0.2, -0.15) is 0 Å². The number of benzene rings is 1. The summed E-state index contributed by atoms with van der Waals surface area (Å²) in [5.74, 6) is -0.0548. The molecule has 0 heterocycles. The average Bonchev–Trinajstić information content (AvgIpc) is 2.67. The van der Waals surface area contributed by atoms with E-state index in [2.05, 4.69) is 6.92 Å². The predicted molar refractivity (Wildman–Crippen MR) is 105 cm³/mol. The molecular formula is C24H35F3. The zero-order valence-electron chi connectivity index (χ0n) is 17.0. The molecule has 0 unspecified atom stereocenters. The van der Waals surface area contributed by atoms with E-state index in [-0.39, 0.29) is 17.0 Å². The van der Waals surface area contributed by atoms with Crippen molar-refractivity contribution in [3.8, 4) is 0 Å². The number of halogens is 3. The Hall–Kier alpha value is -0.990. The fourth-order valence-electron chi connectivity index (χ4n) is 5.53. The molecule has 0 saturated heterocycles. The number of hydrogen-bond donors (Lipinski definition) is 0. The molecule has 1 aromatic rings. The summed E-state index contributed by atoms with van der Waals surface area (Å²) in [5.41, 5.74) is 0.0434. The Morgan fingerprint density at radius 1 is 0.741 bits per heavy atom. The van der Waals surface area contributed by atoms with Crippen molar-refractivity contribution >= 4 is 0 Å². The van der Waals surface area contributed by atoms with Gasteiger partial charge in [0.25, 0.3) is 0 Å². The number of hydrogen-bond acceptors (Lipinski definition) is 0. The highest BCUT2D eigenvalue weighted by Gasteiger charge is 2.29. The fraction of sp³-hybridized carbons (Fsp3) is 0.750. The summed E-state index contributed by atoms with van der Waals surface area (Å²) in [6.07, 6.45) is 14.5. The summed E-state index contributed by atoms with van der Waals surface area (Å²) in [5, 5.41) is 0. The highest BCUT2D eigenvalue weighted by Crippen LogP contribution is 2.42. The molecule has 0 spiro atoms. The van der Waals surface area contributed by atoms with Crippen LogP contribution in [0.1, 0.15) is 101 Å². The van der Waals surface area contributed by atoms with Gasteiger partial charge in [-0.25, -0.2) is 13.2 Å². The van der Waals surface area contributed by atoms with Crippen molar-refractivity contribution in [3.63, 3.8) is 0 Å². The van der Waals surface area contributed by atoms with Gasteiger partial charge in [0.1, 0.15) is 5.82 Å². The van der Waals surface area contributed by atoms with E-state index in [1.807, 2.05) is 0 Å². The first-order chi connectivity index (χ1) is 13.0. The zero-order valence-corrected chi connectivity index (χ0v) is 17.0. The summed E-state index contributed by atoms with van der Waals surface area (Å²) in [6.45, 7) is 3.70. The Morgan fingerprint density at radius 2 is 1.22 bits per heavy atom. The second-order valence-electron chi connectivity index (χ2n) is 9.19. The van der Waals surface area contributed by atoms with Crippen molar-refractivity contribution in [2.75, 3.05) is 0 Å². The van der Waals surface area contributed by atoms with Gasteiger partial charge in [-0.1, -0.05) is 58.3 Å². The Bertz CT molecular complexity index is 609. The number of rotatable bonds is 6. The second kappa shape index (κ2) is 9.47. The summed E-state index contributed by atoms with van der Waals surface area (Å²) in [6, 6.07) is 1.15. The summed E-state index contributed by atoms with van der Waals surface area (Å²) >= 11 is 0. The predicted octanol–water partition coefficient (Wildman–Crippen LogP) is 8.07. The molecule has 0 aliphatic heterocycles. The quantitative estimate of drug-likeness (QED) is 0.438. The minimum atomic E-state index is -0.959. The standard InChI is InChI=1S/C24H35F3/c1-3-4-17-5-7-18(8-6-17)9-10-19-11-13-20(14-12-19)22-21(25)15-16(2)23(26)24(22)27/h15,17-20H,3-14H2,1-2H3. The van der Waals surface area contributed by atoms with Crippen LogP contribution in [-0.2, 0) is 0 Å². The van der Waals surface area contributed by atoms with Crippen LogP contribution in [0.3, 0.4) is 0 Å². The monoisotopic (exact) mass is 380 g/mol. The van der Waals surface area contributed by atoms with Crippen LogP contribution < -0.4 is 0 Å². The van der Waals surface area contributed by atoms with Crippen molar-refractivity contribution in [1.82, 2.24) is 0 Å². The summed E-state index contributed by atoms with van der Waals surface area (Å²) in [4.78, 5) is 0. The normalized spacial score (nSPS) is 29.1. The zero-order chi connectivity index (χ0) is 19.4. The smallest absolute Gasteiger partial charge is 0.165 e. The molecule has 0 nitrogen and oxygen atoms in total. The van der Waals surface area contributed by atoms with E-state index in [1.165, 1.54) is 58.3 Å². The molecule has 2 fully saturated rings. The van der Waals surface area contributed by atoms with E-state index < -0.39 is 17.5 Å². The third kappa shape index (κ3) is 5.09. The van der Waals surface area contributed by atoms with Crippen LogP contribution >= 0.6 is 0 Å². The summed E-state index contributed by atoms with van der Waals surface area (Å²) in [7, 11) is 0. The Morgan fingerprint density at radius 3 is 1.74 bits per heavy atom. The van der Waals surface area contributed by atoms with Crippen molar-refractivity contribution in [3.05, 3.63) is 34.6 Å². The van der Waals surface area contributed by atoms with Crippen molar-refractivity contribution in [1.29, 1.82) is 0 Å². The van der Waals surface area contributed by atoms with Crippen LogP contribution in [0.2, 0.25) is 0 Å². The second-order valence-corrected chi connectivity index (χ2v) is 9.19. The van der Waals surface area contributed by atoms with Crippen LogP contribution in [-0.4, -0.2) is 0 Å². The van der Waals surface area contributed by atoms with Gasteiger partial charge < -0.3 is 0 Å². The van der Waals surface area contributed by atoms with Crippen molar-refractivity contribution in [2.45, 2.75) is 96.8 Å². The number of aryl methyl sites for hydroxylation is 1. The lowest BCUT2D eigenvalue weighted by atomic mass is 9.74. The molecule has 2 aliphatic rings. The molecule has 1 aromatic carbocycles. The van der Waals surface area contributed by atoms with Crippen LogP contribution in [0.4, 0.5) is 13.2 Å². The Balaban J connectivity index is 1.46. The minimum Gasteiger partial charge on any atom is -0.207 e. The lowest BCUT2D eigenvalue weighted by Gasteiger charge is -2.32. The van der Waals surface area contributed by atoms with Gasteiger partial charge >= 0.3 is 0 Å². The third-order valence-electron chi connectivity index (χ3n) is 7.28. The fourth-order valence-corrected chi connectivity index (χ4v) is 5.53. The molecule has 3 rings (SSSR count). The molecule has 0 bridgehead atoms. The van der Waals surface area contributed by atoms with Gasteiger partial charge in [-0.15, -0.1) is 0 Å². The van der Waals surface area contributed by atoms with Gasteiger partial charge in [-0.3, -0.25) is 0 Å². The lowest BCUT2D eigenvalue weighted by molar-refractivity contribution is 0.222. The van der Waals surface area contributed by atoms with E-state index in [0.29, 0.717) is 5.92 Å². The molecule has 0 amide bonds. The largest absolute Gasteiger partial charge is 0.207 e. The Kier molecular flexibility index (Phi) is 7.28. The topological polar surface area (TPSA) is 0 Å². The van der Waals surface area contributed by atoms with Crippen molar-refractivity contribution in [2.24, 2.45) is 17.8 Å². The highest BCUT2D eigenvalue weighted by molar-refractivity contribution is 5.30. The maximum Gasteiger partial charge on any atom is 0.165 e. The first-order valence-corrected chi connectivity index (χ1v) is 11.1. The first kappa shape index (κ1) is 20.7. The molecule has 152 valence electrons. The lowest BCUT2D eigenvalue weighted by Crippen LogP contribution is -2.19. The minimum absolute atomic E-state index is 0.00852. The van der Waals surface area contributed by atoms with Gasteiger partial charge in [0.15, 0.2) is 11.6 Å². The van der Waals surface area contributed by atoms with Crippen LogP contribution in [0.15, 0.2) is 6.07 Å². The molecule has 2 aliphatic carbocycles. The first-order valence-electron chi connectivity index (χ1n) is 11.1.